The van der Waals surface area contributed by atoms with Crippen LogP contribution in [0.3, 0.4) is 0 Å². The second-order valence-corrected chi connectivity index (χ2v) is 1.17. The lowest BCUT2D eigenvalue weighted by atomic mass is 10.7. The molecule has 0 bridgehead atoms. The predicted molar refractivity (Wildman–Crippen MR) is 23.4 cm³/mol. The fourth-order valence-corrected chi connectivity index (χ4v) is 0.371. The summed E-state index contributed by atoms with van der Waals surface area (Å²) in [6.07, 6.45) is 3.11. The fraction of sp³-hybridized carbons (Fsp3) is 0.250. The van der Waals surface area contributed by atoms with Crippen LogP contribution in [0.15, 0.2) is 12.4 Å². The van der Waals surface area contributed by atoms with E-state index in [0.29, 0.717) is 5.82 Å². The van der Waals surface area contributed by atoms with Gasteiger partial charge in [-0.25, -0.2) is 9.37 Å². The van der Waals surface area contributed by atoms with Crippen LogP contribution in [-0.4, -0.2) is 9.97 Å². The van der Waals surface area contributed by atoms with E-state index in [0.717, 1.165) is 0 Å². The first-order valence-electron chi connectivity index (χ1n) is 1.97. The average Bonchev–Trinajstić information content (AvgIpc) is 2.14. The minimum atomic E-state index is -0.507. The summed E-state index contributed by atoms with van der Waals surface area (Å²) in [6, 6.07) is 0. The number of nitrogens with one attached hydrogen (secondary N) is 1. The van der Waals surface area contributed by atoms with Gasteiger partial charge in [-0.15, -0.1) is 0 Å². The van der Waals surface area contributed by atoms with E-state index in [1.54, 1.807) is 6.20 Å². The molecule has 1 aromatic rings. The zero-order valence-electron chi connectivity index (χ0n) is 3.69. The number of hydrogen-bond donors (Lipinski definition) is 1. The van der Waals surface area contributed by atoms with Gasteiger partial charge in [0.25, 0.3) is 0 Å². The Balaban J connectivity index is 2.76. The Bertz CT molecular complexity index is 124. The van der Waals surface area contributed by atoms with Crippen LogP contribution >= 0.6 is 0 Å². The lowest BCUT2D eigenvalue weighted by molar-refractivity contribution is 0.468. The van der Waals surface area contributed by atoms with E-state index in [9.17, 15) is 4.39 Å². The number of hydrogen-bond acceptors (Lipinski definition) is 1. The second kappa shape index (κ2) is 1.73. The number of rotatable bonds is 1. The highest BCUT2D eigenvalue weighted by molar-refractivity contribution is 4.83. The van der Waals surface area contributed by atoms with Gasteiger partial charge in [0.15, 0.2) is 0 Å². The first-order chi connectivity index (χ1) is 3.43. The van der Waals surface area contributed by atoms with Crippen LogP contribution in [-0.2, 0) is 6.67 Å². The Labute approximate surface area is 40.4 Å². The molecule has 0 fully saturated rings. The topological polar surface area (TPSA) is 28.7 Å². The van der Waals surface area contributed by atoms with E-state index in [4.69, 9.17) is 0 Å². The highest BCUT2D eigenvalue weighted by Crippen LogP contribution is 1.87. The van der Waals surface area contributed by atoms with Crippen LogP contribution in [0.1, 0.15) is 5.82 Å². The van der Waals surface area contributed by atoms with Gasteiger partial charge in [0.2, 0.25) is 0 Å². The van der Waals surface area contributed by atoms with Crippen LogP contribution in [0.25, 0.3) is 0 Å². The van der Waals surface area contributed by atoms with Crippen molar-refractivity contribution in [2.75, 3.05) is 0 Å². The standard InChI is InChI=1S/C4H5FN2/c5-3-4-6-1-2-7-4/h1-2H,3H2,(H,6,7). The van der Waals surface area contributed by atoms with Crippen LogP contribution in [0.2, 0.25) is 0 Å². The molecule has 0 radical (unpaired) electrons. The first-order valence-corrected chi connectivity index (χ1v) is 1.97. The fourth-order valence-electron chi connectivity index (χ4n) is 0.371. The molecule has 1 aromatic heterocycles. The molecule has 38 valence electrons. The van der Waals surface area contributed by atoms with E-state index in [-0.39, 0.29) is 0 Å². The smallest absolute Gasteiger partial charge is 0.147 e. The van der Waals surface area contributed by atoms with Crippen molar-refractivity contribution < 1.29 is 4.39 Å². The molecule has 0 atom stereocenters. The van der Waals surface area contributed by atoms with Crippen LogP contribution in [0.5, 0.6) is 0 Å². The maximum absolute atomic E-state index is 11.5. The minimum Gasteiger partial charge on any atom is -0.346 e. The van der Waals surface area contributed by atoms with Crippen molar-refractivity contribution in [3.05, 3.63) is 18.2 Å². The van der Waals surface area contributed by atoms with Crippen molar-refractivity contribution >= 4 is 0 Å². The number of halogens is 1. The van der Waals surface area contributed by atoms with Crippen molar-refractivity contribution in [3.63, 3.8) is 0 Å². The summed E-state index contributed by atoms with van der Waals surface area (Å²) in [4.78, 5) is 6.20. The quantitative estimate of drug-likeness (QED) is 0.557. The van der Waals surface area contributed by atoms with Crippen LogP contribution < -0.4 is 0 Å². The van der Waals surface area contributed by atoms with E-state index in [2.05, 4.69) is 9.97 Å². The zero-order valence-corrected chi connectivity index (χ0v) is 3.69. The van der Waals surface area contributed by atoms with E-state index >= 15 is 0 Å². The Morgan fingerprint density at radius 1 is 1.86 bits per heavy atom. The van der Waals surface area contributed by atoms with E-state index < -0.39 is 6.67 Å². The van der Waals surface area contributed by atoms with E-state index in [1.807, 2.05) is 0 Å². The summed E-state index contributed by atoms with van der Waals surface area (Å²) < 4.78 is 11.5. The van der Waals surface area contributed by atoms with Gasteiger partial charge >= 0.3 is 0 Å². The summed E-state index contributed by atoms with van der Waals surface area (Å²) in [5.74, 6) is 0.389. The summed E-state index contributed by atoms with van der Waals surface area (Å²) in [6.45, 7) is -0.507. The lowest BCUT2D eigenvalue weighted by Crippen LogP contribution is -1.77. The molecule has 0 aliphatic rings. The molecule has 0 aromatic carbocycles. The third kappa shape index (κ3) is 0.765. The first kappa shape index (κ1) is 4.30. The number of nitrogens with zero attached hydrogens (tertiary/aromatic N) is 1. The summed E-state index contributed by atoms with van der Waals surface area (Å²) in [7, 11) is 0. The maximum Gasteiger partial charge on any atom is 0.147 e. The summed E-state index contributed by atoms with van der Waals surface area (Å²) in [5.41, 5.74) is 0. The average molecular weight is 100 g/mol. The summed E-state index contributed by atoms with van der Waals surface area (Å²) in [5, 5.41) is 0. The van der Waals surface area contributed by atoms with Gasteiger partial charge < -0.3 is 4.98 Å². The minimum absolute atomic E-state index is 0.389. The number of aromatic nitrogens is 2. The molecule has 0 saturated carbocycles. The molecular formula is C4H5FN2. The molecule has 0 amide bonds. The Morgan fingerprint density at radius 3 is 3.00 bits per heavy atom. The third-order valence-electron chi connectivity index (χ3n) is 0.681. The maximum atomic E-state index is 11.5. The van der Waals surface area contributed by atoms with Gasteiger partial charge in [0.05, 0.1) is 0 Å². The molecular weight excluding hydrogens is 95.1 g/mol. The molecule has 0 spiro atoms. The van der Waals surface area contributed by atoms with Crippen molar-refractivity contribution in [2.45, 2.75) is 6.67 Å². The third-order valence-corrected chi connectivity index (χ3v) is 0.681. The molecule has 0 saturated heterocycles. The molecule has 0 aliphatic carbocycles. The Morgan fingerprint density at radius 2 is 2.71 bits per heavy atom. The van der Waals surface area contributed by atoms with Gasteiger partial charge in [-0.1, -0.05) is 0 Å². The van der Waals surface area contributed by atoms with Crippen molar-refractivity contribution in [3.8, 4) is 0 Å². The van der Waals surface area contributed by atoms with Crippen LogP contribution in [0, 0.1) is 0 Å². The second-order valence-electron chi connectivity index (χ2n) is 1.17. The van der Waals surface area contributed by atoms with Gasteiger partial charge in [-0.2, -0.15) is 0 Å². The van der Waals surface area contributed by atoms with Gasteiger partial charge in [0.1, 0.15) is 12.5 Å². The summed E-state index contributed by atoms with van der Waals surface area (Å²) >= 11 is 0. The van der Waals surface area contributed by atoms with E-state index in [1.165, 1.54) is 6.20 Å². The molecule has 3 heteroatoms. The Kier molecular flexibility index (Phi) is 1.06. The zero-order chi connectivity index (χ0) is 5.11. The SMILES string of the molecule is FCc1ncc[nH]1. The monoisotopic (exact) mass is 100 g/mol. The van der Waals surface area contributed by atoms with Crippen molar-refractivity contribution in [2.24, 2.45) is 0 Å². The molecule has 1 N–H and O–H groups in total. The normalized spacial score (nSPS) is 9.29. The molecule has 1 rings (SSSR count). The molecule has 0 aliphatic heterocycles. The Hall–Kier alpha value is -0.860. The van der Waals surface area contributed by atoms with Gasteiger partial charge in [-0.05, 0) is 0 Å². The van der Waals surface area contributed by atoms with Crippen molar-refractivity contribution in [1.82, 2.24) is 9.97 Å². The molecule has 1 heterocycles. The molecule has 2 nitrogen and oxygen atoms in total. The number of aromatic amines is 1. The molecule has 7 heavy (non-hydrogen) atoms. The van der Waals surface area contributed by atoms with Crippen LogP contribution in [0.4, 0.5) is 4.39 Å². The highest BCUT2D eigenvalue weighted by Gasteiger charge is 1.86. The largest absolute Gasteiger partial charge is 0.346 e. The highest BCUT2D eigenvalue weighted by atomic mass is 19.1. The number of H-pyrrole nitrogens is 1. The number of alkyl halides is 1. The number of imidazole rings is 1. The van der Waals surface area contributed by atoms with Crippen molar-refractivity contribution in [1.29, 1.82) is 0 Å². The van der Waals surface area contributed by atoms with Gasteiger partial charge in [0, 0.05) is 12.4 Å². The lowest BCUT2D eigenvalue weighted by Gasteiger charge is -1.76. The van der Waals surface area contributed by atoms with Gasteiger partial charge in [-0.3, -0.25) is 0 Å². The predicted octanol–water partition coefficient (Wildman–Crippen LogP) is 0.879. The molecule has 0 unspecified atom stereocenters.